The molecule has 0 saturated heterocycles. The molecule has 0 aliphatic heterocycles. The van der Waals surface area contributed by atoms with Crippen LogP contribution in [0.2, 0.25) is 15.5 Å². The normalized spacial score (nSPS) is 11.3. The minimum atomic E-state index is -4.73. The Morgan fingerprint density at radius 3 is 1.22 bits per heavy atom. The maximum Gasteiger partial charge on any atom is 0.429 e. The first-order valence-corrected chi connectivity index (χ1v) is 24.8. The Labute approximate surface area is 488 Å². The number of nitrogens with two attached hydrogens (primary N) is 4. The number of carbonyl (C=O) groups excluding carboxylic acids is 1. The topological polar surface area (TPSA) is 274 Å². The number of carboxylic acid groups (broad SMARTS) is 1. The summed E-state index contributed by atoms with van der Waals surface area (Å²) in [4.78, 5) is 42.4. The minimum Gasteiger partial charge on any atom is -0.480 e. The Morgan fingerprint density at radius 1 is 0.561 bits per heavy atom. The van der Waals surface area contributed by atoms with E-state index in [1.807, 2.05) is 55.4 Å². The number of rotatable bonds is 11. The van der Waals surface area contributed by atoms with Crippen LogP contribution in [-0.4, -0.2) is 76.9 Å². The molecule has 0 radical (unpaired) electrons. The summed E-state index contributed by atoms with van der Waals surface area (Å²) in [6.45, 7) is 16.0. The van der Waals surface area contributed by atoms with Crippen molar-refractivity contribution in [2.75, 3.05) is 17.2 Å². The molecule has 0 aliphatic carbocycles. The number of halogens is 12. The number of aliphatic carboxylic acids is 1. The van der Waals surface area contributed by atoms with E-state index in [0.717, 1.165) is 42.7 Å². The molecule has 0 saturated carbocycles. The molecule has 0 amide bonds. The molecule has 3 aromatic heterocycles. The molecule has 0 bridgehead atoms. The van der Waals surface area contributed by atoms with Crippen molar-refractivity contribution in [1.29, 1.82) is 0 Å². The summed E-state index contributed by atoms with van der Waals surface area (Å²) in [7, 11) is 0. The van der Waals surface area contributed by atoms with Crippen LogP contribution < -0.4 is 32.4 Å². The molecule has 4 aromatic carbocycles. The van der Waals surface area contributed by atoms with Gasteiger partial charge in [0.1, 0.15) is 21.5 Å². The molecule has 0 spiro atoms. The minimum absolute atomic E-state index is 0. The van der Waals surface area contributed by atoms with Crippen LogP contribution >= 0.6 is 34.8 Å². The smallest absolute Gasteiger partial charge is 0.429 e. The summed E-state index contributed by atoms with van der Waals surface area (Å²) in [5, 5.41) is 17.9. The highest BCUT2D eigenvalue weighted by atomic mass is 35.5. The van der Waals surface area contributed by atoms with Gasteiger partial charge in [-0.2, -0.15) is 49.5 Å². The first kappa shape index (κ1) is 75.8. The predicted molar refractivity (Wildman–Crippen MR) is 297 cm³/mol. The van der Waals surface area contributed by atoms with Crippen molar-refractivity contribution in [1.82, 2.24) is 29.9 Å². The average molecular weight is 1220 g/mol. The van der Waals surface area contributed by atoms with Crippen LogP contribution in [0.3, 0.4) is 0 Å². The standard InChI is InChI=1S/C15H13F3N4O3.C12H7ClF3N3O.C8H5F3O.C7H4O.C4H3Cl2N3.4C2H6.3H2/c16-15(17,18)12(8-4-2-1-3-5-8)25-11-7-9(21-14(20)22-11)6-10(19)13(23)24;13-8-6-9(19-11(17)18-8)20-10(12(14,15)16)7-4-2-1-3-5-7;9-8(10,11)7(12)6-4-2-1-3-5-6;8-6-7-4-2-1-3-5-7;5-2-1-3(6)9-4(7)8-2;4*1-2;;;/h2,4-5,7,10,12H,6,19H2,(H,23,24)(H2,20,21,22);2,4-6,10H,(H2,17,18,19);2,4-5,7,12H;2,4-6H;1H,(H2,7,8,9);4*1-2H3;3*1H/t10-,12?;;;;;;;;;;;/m0.........../s1. The zero-order valence-electron chi connectivity index (χ0n) is 44.8. The summed E-state index contributed by atoms with van der Waals surface area (Å²) in [5.41, 5.74) is 21.4. The predicted octanol–water partition coefficient (Wildman–Crippen LogP) is 13.5. The third kappa shape index (κ3) is 30.9. The number of ether oxygens (including phenoxy) is 2. The second kappa shape index (κ2) is 40.0. The van der Waals surface area contributed by atoms with Gasteiger partial charge in [0, 0.05) is 45.6 Å². The van der Waals surface area contributed by atoms with Crippen LogP contribution in [0.1, 0.15) is 111 Å². The monoisotopic (exact) mass is 1220 g/mol. The second-order valence-electron chi connectivity index (χ2n) is 13.7. The molecule has 0 aliphatic rings. The maximum absolute atomic E-state index is 13.3. The molecule has 3 heterocycles. The van der Waals surface area contributed by atoms with Gasteiger partial charge in [-0.05, 0) is 78.4 Å². The summed E-state index contributed by atoms with van der Waals surface area (Å²) < 4.78 is 124. The van der Waals surface area contributed by atoms with Crippen LogP contribution in [0.4, 0.5) is 57.4 Å². The highest BCUT2D eigenvalue weighted by Crippen LogP contribution is 2.38. The molecular weight excluding hydrogens is 1160 g/mol. The Morgan fingerprint density at radius 2 is 0.915 bits per heavy atom. The number of carboxylic acids is 1. The lowest BCUT2D eigenvalue weighted by Gasteiger charge is -2.21. The fourth-order valence-electron chi connectivity index (χ4n) is 4.93. The summed E-state index contributed by atoms with van der Waals surface area (Å²) in [6, 6.07) is 37.8. The van der Waals surface area contributed by atoms with Crippen molar-refractivity contribution < 1.29 is 73.1 Å². The zero-order chi connectivity index (χ0) is 63.2. The number of nitrogens with zero attached hydrogens (tertiary/aromatic N) is 6. The number of aromatic nitrogens is 6. The van der Waals surface area contributed by atoms with Gasteiger partial charge < -0.3 is 42.6 Å². The van der Waals surface area contributed by atoms with E-state index < -0.39 is 54.7 Å². The van der Waals surface area contributed by atoms with E-state index >= 15 is 0 Å². The number of carbonyl (C=O) groups is 2. The van der Waals surface area contributed by atoms with Crippen molar-refractivity contribution in [3.63, 3.8) is 0 Å². The van der Waals surface area contributed by atoms with Crippen LogP contribution in [0.15, 0.2) is 91.0 Å². The molecule has 4 atom stereocenters. The highest BCUT2D eigenvalue weighted by Gasteiger charge is 2.44. The van der Waals surface area contributed by atoms with Gasteiger partial charge in [0.2, 0.25) is 41.8 Å². The average Bonchev–Trinajstić information content (AvgIpc) is 3.62. The van der Waals surface area contributed by atoms with Gasteiger partial charge in [-0.1, -0.05) is 139 Å². The van der Waals surface area contributed by atoms with Gasteiger partial charge in [0.25, 0.3) is 0 Å². The Hall–Kier alpha value is -8.30. The number of aldehydes is 1. The van der Waals surface area contributed by atoms with E-state index in [2.05, 4.69) is 78.4 Å². The first-order chi connectivity index (χ1) is 38.7. The van der Waals surface area contributed by atoms with E-state index in [1.54, 1.807) is 18.2 Å². The number of hydrogen-bond donors (Lipinski definition) is 6. The lowest BCUT2D eigenvalue weighted by molar-refractivity contribution is -0.206. The Balaban J connectivity index is -0.000000318. The first-order valence-electron chi connectivity index (χ1n) is 23.7. The number of aliphatic hydroxyl groups excluding tert-OH is 1. The molecule has 7 aromatic rings. The molecular formula is C54H62Cl3F9N10O6. The third-order valence-electron chi connectivity index (χ3n) is 8.05. The largest absolute Gasteiger partial charge is 0.480 e. The van der Waals surface area contributed by atoms with Crippen LogP contribution in [0.25, 0.3) is 0 Å². The molecule has 0 fully saturated rings. The van der Waals surface area contributed by atoms with E-state index in [9.17, 15) is 49.1 Å². The molecule has 16 nitrogen and oxygen atoms in total. The van der Waals surface area contributed by atoms with Gasteiger partial charge in [0.05, 0.1) is 5.69 Å². The molecule has 28 heteroatoms. The SMILES string of the molecule is CC.CC.CC.CC.Nc1nc(C[C@H](N)C(=O)O)cc(OC(c2cc#ccc2)C(F)(F)F)n1.Nc1nc(Cl)cc(Cl)n1.Nc1nc(Cl)cc(OC(c2cc#ccc2)C(F)(F)F)n1.O=Cc1cc#ccc1.OC(c1cc#ccc1)C(F)(F)F.[HH].[HH].[HH]. The second-order valence-corrected chi connectivity index (χ2v) is 14.8. The zero-order valence-corrected chi connectivity index (χ0v) is 47.1. The number of aliphatic hydroxyl groups is 1. The van der Waals surface area contributed by atoms with Gasteiger partial charge in [0.15, 0.2) is 12.4 Å². The molecule has 448 valence electrons. The summed E-state index contributed by atoms with van der Waals surface area (Å²) in [6.07, 6.45) is -20.4. The van der Waals surface area contributed by atoms with Crippen LogP contribution in [0, 0.1) is 48.5 Å². The van der Waals surface area contributed by atoms with Gasteiger partial charge >= 0.3 is 24.5 Å². The fourth-order valence-corrected chi connectivity index (χ4v) is 5.55. The molecule has 82 heavy (non-hydrogen) atoms. The lowest BCUT2D eigenvalue weighted by atomic mass is 10.1. The van der Waals surface area contributed by atoms with E-state index in [1.165, 1.54) is 36.4 Å². The molecule has 3 unspecified atom stereocenters. The van der Waals surface area contributed by atoms with Crippen molar-refractivity contribution in [2.45, 2.75) is 105 Å². The molecule has 10 N–H and O–H groups in total. The van der Waals surface area contributed by atoms with Crippen molar-refractivity contribution in [3.05, 3.63) is 183 Å². The van der Waals surface area contributed by atoms with Crippen molar-refractivity contribution in [2.24, 2.45) is 5.73 Å². The number of anilines is 3. The molecule has 7 rings (SSSR count). The van der Waals surface area contributed by atoms with Crippen molar-refractivity contribution in [3.8, 4) is 11.8 Å². The highest BCUT2D eigenvalue weighted by molar-refractivity contribution is 6.33. The third-order valence-corrected chi connectivity index (χ3v) is 8.63. The maximum atomic E-state index is 13.3. The van der Waals surface area contributed by atoms with Crippen LogP contribution in [-0.2, 0) is 11.2 Å². The quantitative estimate of drug-likeness (QED) is 0.0399. The Kier molecular flexibility index (Phi) is 36.9. The van der Waals surface area contributed by atoms with E-state index in [4.69, 9.17) is 77.4 Å². The van der Waals surface area contributed by atoms with Crippen molar-refractivity contribution >= 4 is 64.9 Å². The summed E-state index contributed by atoms with van der Waals surface area (Å²) in [5.74, 6) is -2.65. The number of nitrogen functional groups attached to an aromatic ring is 3. The summed E-state index contributed by atoms with van der Waals surface area (Å²) >= 11 is 16.5. The van der Waals surface area contributed by atoms with E-state index in [0.29, 0.717) is 5.56 Å². The van der Waals surface area contributed by atoms with E-state index in [-0.39, 0.29) is 72.3 Å². The Bertz CT molecular complexity index is 2770. The number of hydrogen-bond acceptors (Lipinski definition) is 15. The van der Waals surface area contributed by atoms with Gasteiger partial charge in [-0.25, -0.2) is 19.9 Å². The lowest BCUT2D eigenvalue weighted by Crippen LogP contribution is -2.32. The van der Waals surface area contributed by atoms with Gasteiger partial charge in [-0.3, -0.25) is 9.59 Å². The number of alkyl halides is 9. The van der Waals surface area contributed by atoms with Gasteiger partial charge in [-0.15, -0.1) is 0 Å². The fraction of sp³-hybridized carbons (Fsp3) is 0.296. The van der Waals surface area contributed by atoms with Crippen LogP contribution in [0.5, 0.6) is 11.8 Å².